The van der Waals surface area contributed by atoms with E-state index in [9.17, 15) is 19.2 Å². The van der Waals surface area contributed by atoms with Gasteiger partial charge in [-0.15, -0.1) is 0 Å². The highest BCUT2D eigenvalue weighted by molar-refractivity contribution is 5.95. The first-order valence-corrected chi connectivity index (χ1v) is 16.8. The normalized spacial score (nSPS) is 15.7. The summed E-state index contributed by atoms with van der Waals surface area (Å²) in [7, 11) is 0. The number of ketones is 1. The second kappa shape index (κ2) is 20.8. The molecule has 13 nitrogen and oxygen atoms in total. The second-order valence-electron chi connectivity index (χ2n) is 12.1. The van der Waals surface area contributed by atoms with Gasteiger partial charge in [0.1, 0.15) is 12.1 Å². The SMILES string of the molecule is CCCC[C@@H](NC(=O)[C@@H](Cc1ccccc1)NC(=O)[C@H](N)Cc1ccccc1)C(=O)N[C@H](CCCN=C(N)N)C(=O)CN1CCOCC1. The molecule has 1 saturated heterocycles. The van der Waals surface area contributed by atoms with Crippen molar-refractivity contribution in [3.05, 3.63) is 71.8 Å². The smallest absolute Gasteiger partial charge is 0.243 e. The van der Waals surface area contributed by atoms with E-state index < -0.39 is 41.9 Å². The molecular weight excluding hydrogens is 612 g/mol. The Hall–Kier alpha value is -4.33. The average Bonchev–Trinajstić information content (AvgIpc) is 3.08. The first kappa shape index (κ1) is 38.1. The van der Waals surface area contributed by atoms with E-state index >= 15 is 0 Å². The van der Waals surface area contributed by atoms with E-state index in [1.54, 1.807) is 0 Å². The van der Waals surface area contributed by atoms with Gasteiger partial charge in [0, 0.05) is 26.1 Å². The monoisotopic (exact) mass is 664 g/mol. The first-order chi connectivity index (χ1) is 23.2. The number of nitrogens with zero attached hydrogens (tertiary/aromatic N) is 2. The number of hydrogen-bond donors (Lipinski definition) is 6. The Labute approximate surface area is 283 Å². The number of nitrogens with two attached hydrogens (primary N) is 3. The van der Waals surface area contributed by atoms with Crippen molar-refractivity contribution in [3.63, 3.8) is 0 Å². The Kier molecular flexibility index (Phi) is 16.5. The molecule has 4 atom stereocenters. The minimum Gasteiger partial charge on any atom is -0.379 e. The third kappa shape index (κ3) is 13.8. The first-order valence-electron chi connectivity index (χ1n) is 16.8. The summed E-state index contributed by atoms with van der Waals surface area (Å²) in [6, 6.07) is 15.1. The van der Waals surface area contributed by atoms with Gasteiger partial charge >= 0.3 is 0 Å². The van der Waals surface area contributed by atoms with Crippen molar-refractivity contribution in [2.24, 2.45) is 22.2 Å². The van der Waals surface area contributed by atoms with E-state index in [1.165, 1.54) is 0 Å². The van der Waals surface area contributed by atoms with E-state index in [1.807, 2.05) is 72.5 Å². The summed E-state index contributed by atoms with van der Waals surface area (Å²) in [5.41, 5.74) is 18.9. The zero-order valence-corrected chi connectivity index (χ0v) is 27.9. The highest BCUT2D eigenvalue weighted by Crippen LogP contribution is 2.10. The third-order valence-corrected chi connectivity index (χ3v) is 8.16. The van der Waals surface area contributed by atoms with Crippen LogP contribution >= 0.6 is 0 Å². The number of amides is 3. The minimum absolute atomic E-state index is 0.0456. The summed E-state index contributed by atoms with van der Waals surface area (Å²) in [5, 5.41) is 8.60. The molecule has 0 bridgehead atoms. The van der Waals surface area contributed by atoms with Crippen LogP contribution in [0.25, 0.3) is 0 Å². The summed E-state index contributed by atoms with van der Waals surface area (Å²) < 4.78 is 5.40. The van der Waals surface area contributed by atoms with Gasteiger partial charge in [-0.05, 0) is 36.8 Å². The average molecular weight is 665 g/mol. The third-order valence-electron chi connectivity index (χ3n) is 8.16. The van der Waals surface area contributed by atoms with Crippen LogP contribution in [0.2, 0.25) is 0 Å². The maximum Gasteiger partial charge on any atom is 0.243 e. The summed E-state index contributed by atoms with van der Waals surface area (Å²) in [4.78, 5) is 60.2. The Balaban J connectivity index is 1.74. The summed E-state index contributed by atoms with van der Waals surface area (Å²) in [5.74, 6) is -1.64. The van der Waals surface area contributed by atoms with Gasteiger partial charge in [-0.25, -0.2) is 0 Å². The lowest BCUT2D eigenvalue weighted by Gasteiger charge is -2.29. The Morgan fingerprint density at radius 3 is 1.92 bits per heavy atom. The minimum atomic E-state index is -0.989. The molecule has 0 unspecified atom stereocenters. The van der Waals surface area contributed by atoms with Crippen LogP contribution in [-0.4, -0.2) is 97.9 Å². The molecule has 0 aromatic heterocycles. The van der Waals surface area contributed by atoms with Crippen LogP contribution in [0.15, 0.2) is 65.7 Å². The Morgan fingerprint density at radius 1 is 0.771 bits per heavy atom. The zero-order chi connectivity index (χ0) is 34.7. The Morgan fingerprint density at radius 2 is 1.31 bits per heavy atom. The maximum atomic E-state index is 13.8. The number of carbonyl (C=O) groups is 4. The van der Waals surface area contributed by atoms with Crippen LogP contribution in [0.1, 0.15) is 50.2 Å². The van der Waals surface area contributed by atoms with Gasteiger partial charge in [0.25, 0.3) is 0 Å². The molecule has 1 fully saturated rings. The predicted octanol–water partition coefficient (Wildman–Crippen LogP) is 0.399. The van der Waals surface area contributed by atoms with E-state index in [2.05, 4.69) is 20.9 Å². The van der Waals surface area contributed by atoms with Crippen molar-refractivity contribution < 1.29 is 23.9 Å². The largest absolute Gasteiger partial charge is 0.379 e. The van der Waals surface area contributed by atoms with Crippen molar-refractivity contribution in [2.75, 3.05) is 39.4 Å². The Bertz CT molecular complexity index is 1320. The molecular formula is C35H52N8O5. The van der Waals surface area contributed by atoms with Crippen LogP contribution in [0.3, 0.4) is 0 Å². The molecule has 1 heterocycles. The van der Waals surface area contributed by atoms with Crippen molar-refractivity contribution in [1.82, 2.24) is 20.9 Å². The van der Waals surface area contributed by atoms with Crippen LogP contribution in [0, 0.1) is 0 Å². The van der Waals surface area contributed by atoms with Crippen molar-refractivity contribution in [1.29, 1.82) is 0 Å². The molecule has 3 amide bonds. The molecule has 3 rings (SSSR count). The maximum absolute atomic E-state index is 13.8. The van der Waals surface area contributed by atoms with Crippen LogP contribution in [-0.2, 0) is 36.8 Å². The number of ether oxygens (including phenoxy) is 1. The fraction of sp³-hybridized carbons (Fsp3) is 0.514. The second-order valence-corrected chi connectivity index (χ2v) is 12.1. The van der Waals surface area contributed by atoms with E-state index in [0.717, 1.165) is 17.5 Å². The zero-order valence-electron chi connectivity index (χ0n) is 27.9. The van der Waals surface area contributed by atoms with Crippen molar-refractivity contribution >= 4 is 29.5 Å². The highest BCUT2D eigenvalue weighted by Gasteiger charge is 2.31. The fourth-order valence-electron chi connectivity index (χ4n) is 5.43. The van der Waals surface area contributed by atoms with Gasteiger partial charge in [-0.1, -0.05) is 80.4 Å². The molecule has 2 aromatic rings. The van der Waals surface area contributed by atoms with Gasteiger partial charge < -0.3 is 37.9 Å². The standard InChI is InChI=1S/C35H52N8O5/c1-2-3-15-29(33(46)40-28(16-10-17-39-35(37)38)31(44)24-43-18-20-48-21-19-43)41-34(47)30(23-26-13-8-5-9-14-26)42-32(45)27(36)22-25-11-6-4-7-12-25/h4-9,11-14,27-30H,2-3,10,15-24,36H2,1H3,(H,40,46)(H,41,47)(H,42,45)(H4,37,38,39)/t27-,28-,29-,30-/m1/s1. The molecule has 2 aromatic carbocycles. The number of rotatable bonds is 20. The van der Waals surface area contributed by atoms with Gasteiger partial charge in [0.2, 0.25) is 17.7 Å². The predicted molar refractivity (Wildman–Crippen MR) is 186 cm³/mol. The number of unbranched alkanes of at least 4 members (excludes halogenated alkanes) is 1. The molecule has 262 valence electrons. The van der Waals surface area contributed by atoms with Gasteiger partial charge in [0.15, 0.2) is 11.7 Å². The van der Waals surface area contributed by atoms with Crippen molar-refractivity contribution in [2.45, 2.75) is 76.0 Å². The van der Waals surface area contributed by atoms with E-state index in [-0.39, 0.29) is 24.7 Å². The van der Waals surface area contributed by atoms with E-state index in [4.69, 9.17) is 21.9 Å². The molecule has 48 heavy (non-hydrogen) atoms. The number of carbonyl (C=O) groups excluding carboxylic acids is 4. The molecule has 0 spiro atoms. The quantitative estimate of drug-likeness (QED) is 0.0657. The molecule has 1 aliphatic rings. The van der Waals surface area contributed by atoms with E-state index in [0.29, 0.717) is 65.0 Å². The van der Waals surface area contributed by atoms with Crippen molar-refractivity contribution in [3.8, 4) is 0 Å². The molecule has 0 saturated carbocycles. The number of benzene rings is 2. The molecule has 0 aliphatic carbocycles. The van der Waals surface area contributed by atoms with Gasteiger partial charge in [-0.2, -0.15) is 0 Å². The highest BCUT2D eigenvalue weighted by atomic mass is 16.5. The summed E-state index contributed by atoms with van der Waals surface area (Å²) >= 11 is 0. The number of aliphatic imine (C=N–C) groups is 1. The van der Waals surface area contributed by atoms with Gasteiger partial charge in [-0.3, -0.25) is 29.1 Å². The number of hydrogen-bond acceptors (Lipinski definition) is 8. The lowest BCUT2D eigenvalue weighted by molar-refractivity contribution is -0.134. The number of guanidine groups is 1. The number of nitrogens with one attached hydrogen (secondary N) is 3. The molecule has 9 N–H and O–H groups in total. The van der Waals surface area contributed by atoms with Crippen LogP contribution in [0.4, 0.5) is 0 Å². The molecule has 1 aliphatic heterocycles. The van der Waals surface area contributed by atoms with Gasteiger partial charge in [0.05, 0.1) is 31.8 Å². The summed E-state index contributed by atoms with van der Waals surface area (Å²) in [6.45, 7) is 4.79. The fourth-order valence-corrected chi connectivity index (χ4v) is 5.43. The topological polar surface area (TPSA) is 207 Å². The molecule has 13 heteroatoms. The van der Waals surface area contributed by atoms with Crippen LogP contribution in [0.5, 0.6) is 0 Å². The summed E-state index contributed by atoms with van der Waals surface area (Å²) in [6.07, 6.45) is 3.10. The van der Waals surface area contributed by atoms with Crippen LogP contribution < -0.4 is 33.2 Å². The number of morpholine rings is 1. The lowest BCUT2D eigenvalue weighted by atomic mass is 10.0. The molecule has 0 radical (unpaired) electrons. The lowest BCUT2D eigenvalue weighted by Crippen LogP contribution is -2.58. The number of Topliss-reactive ketones (excluding diaryl/α,β-unsaturated/α-hetero) is 1.